The van der Waals surface area contributed by atoms with Crippen molar-refractivity contribution in [1.29, 1.82) is 0 Å². The van der Waals surface area contributed by atoms with Gasteiger partial charge >= 0.3 is 0 Å². The zero-order valence-electron chi connectivity index (χ0n) is 14.1. The lowest BCUT2D eigenvalue weighted by atomic mass is 10.00. The fraction of sp³-hybridized carbons (Fsp3) is 0.625. The molecule has 0 radical (unpaired) electrons. The Balaban J connectivity index is 1.59. The van der Waals surface area contributed by atoms with Gasteiger partial charge in [-0.15, -0.1) is 10.2 Å². The van der Waals surface area contributed by atoms with Gasteiger partial charge < -0.3 is 9.64 Å². The van der Waals surface area contributed by atoms with Crippen molar-refractivity contribution in [2.75, 3.05) is 25.1 Å². The van der Waals surface area contributed by atoms with E-state index < -0.39 is 0 Å². The van der Waals surface area contributed by atoms with Crippen molar-refractivity contribution in [1.82, 2.24) is 24.7 Å². The molecule has 3 heterocycles. The topological polar surface area (TPSA) is 69.0 Å². The minimum Gasteiger partial charge on any atom is -0.481 e. The first kappa shape index (κ1) is 15.7. The van der Waals surface area contributed by atoms with Gasteiger partial charge in [0.05, 0.1) is 7.11 Å². The summed E-state index contributed by atoms with van der Waals surface area (Å²) in [6.45, 7) is 4.45. The quantitative estimate of drug-likeness (QED) is 0.771. The van der Waals surface area contributed by atoms with Crippen molar-refractivity contribution in [3.8, 4) is 5.88 Å². The van der Waals surface area contributed by atoms with Crippen molar-refractivity contribution in [3.05, 3.63) is 12.3 Å². The van der Waals surface area contributed by atoms with E-state index in [9.17, 15) is 0 Å². The number of hydrogen-bond donors (Lipinski definition) is 0. The summed E-state index contributed by atoms with van der Waals surface area (Å²) in [5.74, 6) is 2.38. The van der Waals surface area contributed by atoms with E-state index in [4.69, 9.17) is 4.74 Å². The monoisotopic (exact) mass is 346 g/mol. The summed E-state index contributed by atoms with van der Waals surface area (Å²) in [5.41, 5.74) is 0. The van der Waals surface area contributed by atoms with Gasteiger partial charge in [-0.05, 0) is 43.4 Å². The molecule has 1 aliphatic heterocycles. The molecule has 0 spiro atoms. The van der Waals surface area contributed by atoms with Crippen molar-refractivity contribution in [3.63, 3.8) is 0 Å². The van der Waals surface area contributed by atoms with Crippen LogP contribution in [0.4, 0.5) is 5.95 Å². The Morgan fingerprint density at radius 2 is 1.96 bits per heavy atom. The Labute approximate surface area is 145 Å². The first-order valence-corrected chi connectivity index (χ1v) is 9.31. The smallest absolute Gasteiger partial charge is 0.228 e. The predicted molar refractivity (Wildman–Crippen MR) is 91.6 cm³/mol. The molecule has 0 aromatic carbocycles. The van der Waals surface area contributed by atoms with E-state index in [1.807, 2.05) is 0 Å². The van der Waals surface area contributed by atoms with E-state index in [1.54, 1.807) is 19.4 Å². The number of rotatable bonds is 5. The molecule has 1 saturated carbocycles. The normalized spacial score (nSPS) is 18.8. The van der Waals surface area contributed by atoms with Crippen molar-refractivity contribution in [2.24, 2.45) is 5.92 Å². The highest BCUT2D eigenvalue weighted by molar-refractivity contribution is 7.99. The molecule has 0 N–H and O–H groups in total. The number of aromatic nitrogens is 5. The zero-order valence-corrected chi connectivity index (χ0v) is 14.9. The maximum absolute atomic E-state index is 5.18. The van der Waals surface area contributed by atoms with Crippen LogP contribution in [0.5, 0.6) is 5.88 Å². The molecule has 1 saturated heterocycles. The number of ether oxygens (including phenoxy) is 1. The molecular formula is C16H22N6OS. The average Bonchev–Trinajstić information content (AvgIpc) is 3.37. The van der Waals surface area contributed by atoms with Crippen LogP contribution in [0, 0.1) is 5.92 Å². The van der Waals surface area contributed by atoms with Gasteiger partial charge in [0, 0.05) is 31.4 Å². The number of piperidine rings is 1. The highest BCUT2D eigenvalue weighted by atomic mass is 32.2. The standard InChI is InChI=1S/C16H22N6OS/c1-11-6-9-21(10-7-11)15-19-20-16(22(15)12-3-4-12)24-14-17-8-5-13(18-14)23-2/h5,8,11-12H,3-4,6-7,9-10H2,1-2H3. The van der Waals surface area contributed by atoms with Crippen LogP contribution in [0.2, 0.25) is 0 Å². The summed E-state index contributed by atoms with van der Waals surface area (Å²) >= 11 is 1.46. The average molecular weight is 346 g/mol. The number of nitrogens with zero attached hydrogens (tertiary/aromatic N) is 6. The molecule has 7 nitrogen and oxygen atoms in total. The van der Waals surface area contributed by atoms with Gasteiger partial charge in [-0.2, -0.15) is 4.98 Å². The molecular weight excluding hydrogens is 324 g/mol. The summed E-state index contributed by atoms with van der Waals surface area (Å²) in [7, 11) is 1.61. The van der Waals surface area contributed by atoms with Crippen LogP contribution in [0.1, 0.15) is 38.6 Å². The third-order valence-corrected chi connectivity index (χ3v) is 5.46. The lowest BCUT2D eigenvalue weighted by molar-refractivity contribution is 0.392. The number of hydrogen-bond acceptors (Lipinski definition) is 7. The summed E-state index contributed by atoms with van der Waals surface area (Å²) in [5, 5.41) is 10.4. The molecule has 4 rings (SSSR count). The highest BCUT2D eigenvalue weighted by Crippen LogP contribution is 2.42. The molecule has 0 amide bonds. The highest BCUT2D eigenvalue weighted by Gasteiger charge is 2.33. The van der Waals surface area contributed by atoms with Crippen molar-refractivity contribution >= 4 is 17.7 Å². The molecule has 128 valence electrons. The fourth-order valence-corrected chi connectivity index (χ4v) is 3.81. The van der Waals surface area contributed by atoms with Gasteiger partial charge in [-0.25, -0.2) is 4.98 Å². The minimum atomic E-state index is 0.516. The second-order valence-electron chi connectivity index (χ2n) is 6.54. The predicted octanol–water partition coefficient (Wildman–Crippen LogP) is 2.80. The summed E-state index contributed by atoms with van der Waals surface area (Å²) in [4.78, 5) is 11.1. The molecule has 0 bridgehead atoms. The lowest BCUT2D eigenvalue weighted by Gasteiger charge is -2.31. The third-order valence-electron chi connectivity index (χ3n) is 4.62. The molecule has 0 atom stereocenters. The van der Waals surface area contributed by atoms with E-state index in [1.165, 1.54) is 37.4 Å². The van der Waals surface area contributed by atoms with Crippen molar-refractivity contribution < 1.29 is 4.74 Å². The van der Waals surface area contributed by atoms with Gasteiger partial charge in [-0.1, -0.05) is 6.92 Å². The molecule has 2 aromatic rings. The minimum absolute atomic E-state index is 0.516. The van der Waals surface area contributed by atoms with Crippen molar-refractivity contribution in [2.45, 2.75) is 49.0 Å². The first-order chi connectivity index (χ1) is 11.7. The fourth-order valence-electron chi connectivity index (χ4n) is 2.99. The second kappa shape index (κ2) is 6.58. The molecule has 0 unspecified atom stereocenters. The van der Waals surface area contributed by atoms with Gasteiger partial charge in [0.25, 0.3) is 0 Å². The van der Waals surface area contributed by atoms with E-state index in [0.717, 1.165) is 30.1 Å². The maximum Gasteiger partial charge on any atom is 0.228 e. The van der Waals surface area contributed by atoms with Gasteiger partial charge in [0.2, 0.25) is 17.0 Å². The first-order valence-electron chi connectivity index (χ1n) is 8.49. The Bertz CT molecular complexity index is 708. The maximum atomic E-state index is 5.18. The SMILES string of the molecule is COc1ccnc(Sc2nnc(N3CCC(C)CC3)n2C2CC2)n1. The Kier molecular flexibility index (Phi) is 4.30. The molecule has 24 heavy (non-hydrogen) atoms. The Morgan fingerprint density at radius 3 is 2.67 bits per heavy atom. The number of anilines is 1. The lowest BCUT2D eigenvalue weighted by Crippen LogP contribution is -2.34. The van der Waals surface area contributed by atoms with Gasteiger partial charge in [0.15, 0.2) is 5.16 Å². The van der Waals surface area contributed by atoms with E-state index >= 15 is 0 Å². The zero-order chi connectivity index (χ0) is 16.5. The largest absolute Gasteiger partial charge is 0.481 e. The molecule has 2 aromatic heterocycles. The second-order valence-corrected chi connectivity index (χ2v) is 7.47. The van der Waals surface area contributed by atoms with Crippen LogP contribution in [-0.4, -0.2) is 44.9 Å². The van der Waals surface area contributed by atoms with Crippen LogP contribution in [0.3, 0.4) is 0 Å². The molecule has 8 heteroatoms. The summed E-state index contributed by atoms with van der Waals surface area (Å²) in [6, 6.07) is 2.26. The summed E-state index contributed by atoms with van der Waals surface area (Å²) < 4.78 is 7.46. The van der Waals surface area contributed by atoms with Crippen LogP contribution >= 0.6 is 11.8 Å². The Morgan fingerprint density at radius 1 is 1.17 bits per heavy atom. The van der Waals surface area contributed by atoms with E-state index in [-0.39, 0.29) is 0 Å². The third kappa shape index (κ3) is 3.19. The molecule has 1 aliphatic carbocycles. The molecule has 2 aliphatic rings. The molecule has 2 fully saturated rings. The van der Waals surface area contributed by atoms with E-state index in [0.29, 0.717) is 17.1 Å². The van der Waals surface area contributed by atoms with Gasteiger partial charge in [-0.3, -0.25) is 4.57 Å². The van der Waals surface area contributed by atoms with Crippen LogP contribution < -0.4 is 9.64 Å². The van der Waals surface area contributed by atoms with Gasteiger partial charge in [0.1, 0.15) is 0 Å². The van der Waals surface area contributed by atoms with Crippen LogP contribution in [0.15, 0.2) is 22.6 Å². The number of methoxy groups -OCH3 is 1. The van der Waals surface area contributed by atoms with E-state index in [2.05, 4.69) is 36.6 Å². The van der Waals surface area contributed by atoms with Crippen LogP contribution in [0.25, 0.3) is 0 Å². The Hall–Kier alpha value is -1.83. The summed E-state index contributed by atoms with van der Waals surface area (Å²) in [6.07, 6.45) is 6.54. The van der Waals surface area contributed by atoms with Crippen LogP contribution in [-0.2, 0) is 0 Å².